The third kappa shape index (κ3) is 3.20. The Bertz CT molecular complexity index is 673. The van der Waals surface area contributed by atoms with Crippen molar-refractivity contribution in [2.75, 3.05) is 5.75 Å². The molecule has 0 aliphatic carbocycles. The minimum atomic E-state index is 0.0175. The average molecular weight is 303 g/mol. The Balaban J connectivity index is 1.52. The molecule has 0 saturated heterocycles. The second-order valence-corrected chi connectivity index (χ2v) is 6.20. The van der Waals surface area contributed by atoms with E-state index < -0.39 is 0 Å². The van der Waals surface area contributed by atoms with Crippen LogP contribution >= 0.6 is 23.1 Å². The summed E-state index contributed by atoms with van der Waals surface area (Å²) in [7, 11) is 0. The molecule has 1 aromatic carbocycles. The highest BCUT2D eigenvalue weighted by Crippen LogP contribution is 2.18. The molecule has 6 heteroatoms. The zero-order valence-corrected chi connectivity index (χ0v) is 12.3. The van der Waals surface area contributed by atoms with Crippen LogP contribution in [0.1, 0.15) is 4.88 Å². The van der Waals surface area contributed by atoms with Crippen molar-refractivity contribution in [1.82, 2.24) is 15.3 Å². The Morgan fingerprint density at radius 3 is 3.00 bits per heavy atom. The molecule has 0 atom stereocenters. The number of para-hydroxylation sites is 2. The number of aromatic nitrogens is 2. The van der Waals surface area contributed by atoms with Crippen LogP contribution in [0.25, 0.3) is 11.0 Å². The fourth-order valence-corrected chi connectivity index (χ4v) is 3.14. The molecule has 3 rings (SSSR count). The number of rotatable bonds is 5. The zero-order chi connectivity index (χ0) is 13.8. The first-order valence-corrected chi connectivity index (χ1v) is 8.04. The maximum Gasteiger partial charge on any atom is 0.230 e. The summed E-state index contributed by atoms with van der Waals surface area (Å²) in [6, 6.07) is 11.8. The SMILES string of the molecule is O=C(CSc1nc2ccccc2[nH]1)NCc1cccs1. The highest BCUT2D eigenvalue weighted by Gasteiger charge is 2.06. The van der Waals surface area contributed by atoms with E-state index in [1.807, 2.05) is 41.8 Å². The predicted molar refractivity (Wildman–Crippen MR) is 83.0 cm³/mol. The lowest BCUT2D eigenvalue weighted by atomic mass is 10.3. The van der Waals surface area contributed by atoms with Crippen LogP contribution in [0.15, 0.2) is 46.9 Å². The first-order chi connectivity index (χ1) is 9.81. The number of nitrogens with one attached hydrogen (secondary N) is 2. The fraction of sp³-hybridized carbons (Fsp3) is 0.143. The van der Waals surface area contributed by atoms with E-state index in [0.29, 0.717) is 12.3 Å². The first kappa shape index (κ1) is 13.2. The molecule has 102 valence electrons. The van der Waals surface area contributed by atoms with Gasteiger partial charge in [-0.05, 0) is 23.6 Å². The van der Waals surface area contributed by atoms with Gasteiger partial charge in [0.15, 0.2) is 5.16 Å². The molecule has 1 amide bonds. The topological polar surface area (TPSA) is 57.8 Å². The summed E-state index contributed by atoms with van der Waals surface area (Å²) >= 11 is 3.06. The lowest BCUT2D eigenvalue weighted by Gasteiger charge is -2.01. The van der Waals surface area contributed by atoms with Crippen molar-refractivity contribution in [2.24, 2.45) is 0 Å². The van der Waals surface area contributed by atoms with Crippen LogP contribution in [0.2, 0.25) is 0 Å². The van der Waals surface area contributed by atoms with Crippen molar-refractivity contribution in [2.45, 2.75) is 11.7 Å². The minimum Gasteiger partial charge on any atom is -0.350 e. The number of benzene rings is 1. The number of hydrogen-bond donors (Lipinski definition) is 2. The smallest absolute Gasteiger partial charge is 0.230 e. The largest absolute Gasteiger partial charge is 0.350 e. The van der Waals surface area contributed by atoms with E-state index in [1.165, 1.54) is 11.8 Å². The number of aromatic amines is 1. The van der Waals surface area contributed by atoms with Crippen molar-refractivity contribution < 1.29 is 4.79 Å². The number of carbonyl (C=O) groups is 1. The zero-order valence-electron chi connectivity index (χ0n) is 10.6. The number of nitrogens with zero attached hydrogens (tertiary/aromatic N) is 1. The summed E-state index contributed by atoms with van der Waals surface area (Å²) in [5.74, 6) is 0.384. The third-order valence-corrected chi connectivity index (χ3v) is 4.50. The Morgan fingerprint density at radius 2 is 2.20 bits per heavy atom. The van der Waals surface area contributed by atoms with Gasteiger partial charge in [0.25, 0.3) is 0 Å². The van der Waals surface area contributed by atoms with Crippen LogP contribution in [0.4, 0.5) is 0 Å². The lowest BCUT2D eigenvalue weighted by molar-refractivity contribution is -0.118. The molecule has 3 aromatic rings. The van der Waals surface area contributed by atoms with Crippen LogP contribution in [-0.4, -0.2) is 21.6 Å². The molecule has 0 fully saturated rings. The van der Waals surface area contributed by atoms with Crippen LogP contribution in [0.3, 0.4) is 0 Å². The number of amides is 1. The first-order valence-electron chi connectivity index (χ1n) is 6.18. The van der Waals surface area contributed by atoms with Crippen LogP contribution < -0.4 is 5.32 Å². The summed E-state index contributed by atoms with van der Waals surface area (Å²) in [6.45, 7) is 0.594. The lowest BCUT2D eigenvalue weighted by Crippen LogP contribution is -2.24. The molecular formula is C14H13N3OS2. The van der Waals surface area contributed by atoms with Gasteiger partial charge in [-0.1, -0.05) is 30.0 Å². The van der Waals surface area contributed by atoms with Gasteiger partial charge in [0.05, 0.1) is 23.3 Å². The summed E-state index contributed by atoms with van der Waals surface area (Å²) in [5.41, 5.74) is 1.92. The Morgan fingerprint density at radius 1 is 1.30 bits per heavy atom. The van der Waals surface area contributed by atoms with Crippen molar-refractivity contribution in [1.29, 1.82) is 0 Å². The molecule has 0 bridgehead atoms. The van der Waals surface area contributed by atoms with Gasteiger partial charge in [-0.25, -0.2) is 4.98 Å². The van der Waals surface area contributed by atoms with E-state index in [0.717, 1.165) is 21.1 Å². The van der Waals surface area contributed by atoms with E-state index in [9.17, 15) is 4.79 Å². The maximum absolute atomic E-state index is 11.8. The Labute approximate surface area is 124 Å². The monoisotopic (exact) mass is 303 g/mol. The minimum absolute atomic E-state index is 0.0175. The van der Waals surface area contributed by atoms with E-state index in [-0.39, 0.29) is 5.91 Å². The van der Waals surface area contributed by atoms with Gasteiger partial charge in [-0.3, -0.25) is 4.79 Å². The number of thioether (sulfide) groups is 1. The third-order valence-electron chi connectivity index (χ3n) is 2.75. The quantitative estimate of drug-likeness (QED) is 0.712. The molecule has 0 saturated carbocycles. The number of fused-ring (bicyclic) bond motifs is 1. The number of H-pyrrole nitrogens is 1. The maximum atomic E-state index is 11.8. The molecule has 4 nitrogen and oxygen atoms in total. The van der Waals surface area contributed by atoms with Gasteiger partial charge in [0.1, 0.15) is 0 Å². The number of hydrogen-bond acceptors (Lipinski definition) is 4. The number of carbonyl (C=O) groups excluding carboxylic acids is 1. The molecule has 20 heavy (non-hydrogen) atoms. The van der Waals surface area contributed by atoms with Gasteiger partial charge >= 0.3 is 0 Å². The molecule has 0 aliphatic heterocycles. The molecular weight excluding hydrogens is 290 g/mol. The highest BCUT2D eigenvalue weighted by molar-refractivity contribution is 7.99. The van der Waals surface area contributed by atoms with Crippen molar-refractivity contribution in [3.05, 3.63) is 46.7 Å². The summed E-state index contributed by atoms with van der Waals surface area (Å²) in [4.78, 5) is 20.5. The summed E-state index contributed by atoms with van der Waals surface area (Å²) < 4.78 is 0. The van der Waals surface area contributed by atoms with Crippen molar-refractivity contribution in [3.8, 4) is 0 Å². The van der Waals surface area contributed by atoms with Crippen LogP contribution in [0.5, 0.6) is 0 Å². The molecule has 2 aromatic heterocycles. The van der Waals surface area contributed by atoms with E-state index in [4.69, 9.17) is 0 Å². The van der Waals surface area contributed by atoms with E-state index in [1.54, 1.807) is 11.3 Å². The van der Waals surface area contributed by atoms with Gasteiger partial charge in [0.2, 0.25) is 5.91 Å². The highest BCUT2D eigenvalue weighted by atomic mass is 32.2. The van der Waals surface area contributed by atoms with Gasteiger partial charge in [-0.2, -0.15) is 0 Å². The Kier molecular flexibility index (Phi) is 4.03. The van der Waals surface area contributed by atoms with Crippen molar-refractivity contribution >= 4 is 40.0 Å². The second-order valence-electron chi connectivity index (χ2n) is 4.20. The van der Waals surface area contributed by atoms with Gasteiger partial charge in [-0.15, -0.1) is 11.3 Å². The van der Waals surface area contributed by atoms with Gasteiger partial charge in [0, 0.05) is 4.88 Å². The predicted octanol–water partition coefficient (Wildman–Crippen LogP) is 3.03. The average Bonchev–Trinajstić information content (AvgIpc) is 3.11. The Hall–Kier alpha value is -1.79. The molecule has 0 spiro atoms. The molecule has 2 N–H and O–H groups in total. The summed E-state index contributed by atoms with van der Waals surface area (Å²) in [6.07, 6.45) is 0. The van der Waals surface area contributed by atoms with E-state index >= 15 is 0 Å². The molecule has 0 aliphatic rings. The van der Waals surface area contributed by atoms with Crippen molar-refractivity contribution in [3.63, 3.8) is 0 Å². The van der Waals surface area contributed by atoms with Crippen LogP contribution in [0, 0.1) is 0 Å². The fourth-order valence-electron chi connectivity index (χ4n) is 1.78. The molecule has 2 heterocycles. The molecule has 0 unspecified atom stereocenters. The number of thiophene rings is 1. The van der Waals surface area contributed by atoms with Gasteiger partial charge < -0.3 is 10.3 Å². The second kappa shape index (κ2) is 6.11. The normalized spacial score (nSPS) is 10.8. The standard InChI is InChI=1S/C14H13N3OS2/c18-13(15-8-10-4-3-7-19-10)9-20-14-16-11-5-1-2-6-12(11)17-14/h1-7H,8-9H2,(H,15,18)(H,16,17). The molecule has 0 radical (unpaired) electrons. The van der Waals surface area contributed by atoms with Crippen LogP contribution in [-0.2, 0) is 11.3 Å². The van der Waals surface area contributed by atoms with E-state index in [2.05, 4.69) is 15.3 Å². The summed E-state index contributed by atoms with van der Waals surface area (Å²) in [5, 5.41) is 5.68. The number of imidazole rings is 1.